The van der Waals surface area contributed by atoms with Crippen LogP contribution >= 0.6 is 0 Å². The Kier molecular flexibility index (Phi) is 3.53. The van der Waals surface area contributed by atoms with E-state index in [1.165, 1.54) is 19.3 Å². The molecule has 1 aliphatic carbocycles. The summed E-state index contributed by atoms with van der Waals surface area (Å²) in [6, 6.07) is 2.75. The van der Waals surface area contributed by atoms with Gasteiger partial charge in [-0.05, 0) is 43.6 Å². The molecule has 0 aromatic carbocycles. The van der Waals surface area contributed by atoms with Crippen molar-refractivity contribution in [2.24, 2.45) is 17.8 Å². The van der Waals surface area contributed by atoms with E-state index in [1.807, 2.05) is 13.1 Å². The van der Waals surface area contributed by atoms with Crippen LogP contribution in [0.15, 0.2) is 18.5 Å². The summed E-state index contributed by atoms with van der Waals surface area (Å²) in [6.07, 6.45) is 8.15. The number of rotatable bonds is 2. The zero-order valence-corrected chi connectivity index (χ0v) is 13.0. The van der Waals surface area contributed by atoms with Crippen LogP contribution in [0, 0.1) is 24.7 Å². The fraction of sp³-hybridized carbons (Fsp3) is 0.647. The monoisotopic (exact) mass is 271 g/mol. The van der Waals surface area contributed by atoms with E-state index in [0.29, 0.717) is 6.04 Å². The second kappa shape index (κ2) is 5.19. The number of hydrogen-bond acceptors (Lipinski definition) is 2. The summed E-state index contributed by atoms with van der Waals surface area (Å²) >= 11 is 0. The van der Waals surface area contributed by atoms with Crippen molar-refractivity contribution in [2.45, 2.75) is 53.0 Å². The lowest BCUT2D eigenvalue weighted by molar-refractivity contribution is 0.152. The molecule has 0 amide bonds. The molecule has 3 nitrogen and oxygen atoms in total. The zero-order chi connectivity index (χ0) is 14.3. The third kappa shape index (κ3) is 2.34. The van der Waals surface area contributed by atoms with E-state index in [4.69, 9.17) is 0 Å². The highest BCUT2D eigenvalue weighted by Gasteiger charge is 2.32. The molecule has 0 spiro atoms. The van der Waals surface area contributed by atoms with Crippen molar-refractivity contribution in [1.82, 2.24) is 14.5 Å². The summed E-state index contributed by atoms with van der Waals surface area (Å²) < 4.78 is 2.42. The third-order valence-corrected chi connectivity index (χ3v) is 4.92. The number of aryl methyl sites for hydroxylation is 1. The minimum Gasteiger partial charge on any atom is -0.329 e. The largest absolute Gasteiger partial charge is 0.329 e. The molecule has 1 aliphatic rings. The van der Waals surface area contributed by atoms with Gasteiger partial charge in [0.25, 0.3) is 0 Å². The SMILES string of the molecule is Cc1ncc2ccn(C3CC(C)CCC3C(C)C)c2n1. The van der Waals surface area contributed by atoms with Crippen molar-refractivity contribution in [1.29, 1.82) is 0 Å². The molecule has 2 aromatic heterocycles. The Morgan fingerprint density at radius 3 is 2.85 bits per heavy atom. The van der Waals surface area contributed by atoms with Gasteiger partial charge in [0.15, 0.2) is 0 Å². The van der Waals surface area contributed by atoms with Crippen molar-refractivity contribution in [3.63, 3.8) is 0 Å². The van der Waals surface area contributed by atoms with E-state index < -0.39 is 0 Å². The highest BCUT2D eigenvalue weighted by atomic mass is 15.1. The Labute approximate surface area is 121 Å². The molecular weight excluding hydrogens is 246 g/mol. The first-order valence-corrected chi connectivity index (χ1v) is 7.86. The average Bonchev–Trinajstić information content (AvgIpc) is 2.81. The normalized spacial score (nSPS) is 27.4. The number of hydrogen-bond donors (Lipinski definition) is 0. The van der Waals surface area contributed by atoms with Gasteiger partial charge in [0, 0.05) is 23.8 Å². The van der Waals surface area contributed by atoms with Gasteiger partial charge in [-0.3, -0.25) is 0 Å². The van der Waals surface area contributed by atoms with Crippen molar-refractivity contribution in [3.05, 3.63) is 24.3 Å². The maximum Gasteiger partial charge on any atom is 0.143 e. The van der Waals surface area contributed by atoms with Crippen LogP contribution in [0.2, 0.25) is 0 Å². The van der Waals surface area contributed by atoms with Crippen molar-refractivity contribution >= 4 is 11.0 Å². The Bertz CT molecular complexity index is 599. The number of nitrogens with zero attached hydrogens (tertiary/aromatic N) is 3. The molecule has 3 rings (SSSR count). The highest BCUT2D eigenvalue weighted by molar-refractivity contribution is 5.75. The minimum absolute atomic E-state index is 0.588. The van der Waals surface area contributed by atoms with Crippen molar-refractivity contribution in [3.8, 4) is 0 Å². The lowest BCUT2D eigenvalue weighted by Gasteiger charge is -2.38. The first kappa shape index (κ1) is 13.6. The Balaban J connectivity index is 2.04. The van der Waals surface area contributed by atoms with Crippen LogP contribution < -0.4 is 0 Å². The second-order valence-corrected chi connectivity index (χ2v) is 6.81. The summed E-state index contributed by atoms with van der Waals surface area (Å²) in [7, 11) is 0. The number of aromatic nitrogens is 3. The van der Waals surface area contributed by atoms with E-state index in [9.17, 15) is 0 Å². The average molecular weight is 271 g/mol. The summed E-state index contributed by atoms with van der Waals surface area (Å²) in [5, 5.41) is 1.16. The topological polar surface area (TPSA) is 30.7 Å². The molecule has 2 heterocycles. The molecule has 108 valence electrons. The molecule has 3 heteroatoms. The number of fused-ring (bicyclic) bond motifs is 1. The van der Waals surface area contributed by atoms with Gasteiger partial charge in [0.2, 0.25) is 0 Å². The molecule has 0 N–H and O–H groups in total. The van der Waals surface area contributed by atoms with Crippen LogP contribution in [0.5, 0.6) is 0 Å². The second-order valence-electron chi connectivity index (χ2n) is 6.81. The van der Waals surface area contributed by atoms with Crippen LogP contribution in [0.4, 0.5) is 0 Å². The fourth-order valence-corrected chi connectivity index (χ4v) is 3.76. The van der Waals surface area contributed by atoms with Crippen molar-refractivity contribution in [2.75, 3.05) is 0 Å². The van der Waals surface area contributed by atoms with E-state index in [2.05, 4.69) is 47.6 Å². The first-order valence-electron chi connectivity index (χ1n) is 7.86. The van der Waals surface area contributed by atoms with E-state index >= 15 is 0 Å². The van der Waals surface area contributed by atoms with Gasteiger partial charge in [0.1, 0.15) is 11.5 Å². The third-order valence-electron chi connectivity index (χ3n) is 4.92. The van der Waals surface area contributed by atoms with Gasteiger partial charge in [-0.25, -0.2) is 9.97 Å². The van der Waals surface area contributed by atoms with Crippen LogP contribution in [-0.2, 0) is 0 Å². The van der Waals surface area contributed by atoms with E-state index in [-0.39, 0.29) is 0 Å². The molecule has 3 unspecified atom stereocenters. The Hall–Kier alpha value is -1.38. The van der Waals surface area contributed by atoms with Gasteiger partial charge >= 0.3 is 0 Å². The molecule has 2 aromatic rings. The Morgan fingerprint density at radius 1 is 1.30 bits per heavy atom. The van der Waals surface area contributed by atoms with Crippen LogP contribution in [0.3, 0.4) is 0 Å². The standard InChI is InChI=1S/C17H25N3/c1-11(2)15-6-5-12(3)9-16(15)20-8-7-14-10-18-13(4)19-17(14)20/h7-8,10-12,15-16H,5-6,9H2,1-4H3. The van der Waals surface area contributed by atoms with E-state index in [0.717, 1.165) is 34.6 Å². The molecule has 1 fully saturated rings. The predicted molar refractivity (Wildman–Crippen MR) is 82.6 cm³/mol. The van der Waals surface area contributed by atoms with Crippen LogP contribution in [0.1, 0.15) is 51.9 Å². The van der Waals surface area contributed by atoms with Gasteiger partial charge in [-0.2, -0.15) is 0 Å². The highest BCUT2D eigenvalue weighted by Crippen LogP contribution is 2.42. The molecule has 0 radical (unpaired) electrons. The maximum absolute atomic E-state index is 4.68. The smallest absolute Gasteiger partial charge is 0.143 e. The summed E-state index contributed by atoms with van der Waals surface area (Å²) in [5.41, 5.74) is 1.11. The Morgan fingerprint density at radius 2 is 2.10 bits per heavy atom. The lowest BCUT2D eigenvalue weighted by Crippen LogP contribution is -2.29. The lowest BCUT2D eigenvalue weighted by atomic mass is 9.74. The zero-order valence-electron chi connectivity index (χ0n) is 13.0. The molecule has 0 bridgehead atoms. The molecule has 1 saturated carbocycles. The predicted octanol–water partition coefficient (Wildman–Crippen LogP) is 4.37. The molecule has 20 heavy (non-hydrogen) atoms. The minimum atomic E-state index is 0.588. The first-order chi connectivity index (χ1) is 9.56. The van der Waals surface area contributed by atoms with Gasteiger partial charge in [0.05, 0.1) is 0 Å². The quantitative estimate of drug-likeness (QED) is 0.812. The van der Waals surface area contributed by atoms with Crippen molar-refractivity contribution < 1.29 is 0 Å². The molecular formula is C17H25N3. The van der Waals surface area contributed by atoms with Gasteiger partial charge < -0.3 is 4.57 Å². The van der Waals surface area contributed by atoms with E-state index in [1.54, 1.807) is 0 Å². The van der Waals surface area contributed by atoms with Crippen LogP contribution in [-0.4, -0.2) is 14.5 Å². The van der Waals surface area contributed by atoms with Gasteiger partial charge in [-0.15, -0.1) is 0 Å². The van der Waals surface area contributed by atoms with Gasteiger partial charge in [-0.1, -0.05) is 27.2 Å². The molecule has 0 aliphatic heterocycles. The maximum atomic E-state index is 4.68. The molecule has 0 saturated heterocycles. The van der Waals surface area contributed by atoms with Crippen LogP contribution in [0.25, 0.3) is 11.0 Å². The fourth-order valence-electron chi connectivity index (χ4n) is 3.76. The summed E-state index contributed by atoms with van der Waals surface area (Å²) in [6.45, 7) is 9.08. The molecule has 3 atom stereocenters. The summed E-state index contributed by atoms with van der Waals surface area (Å²) in [4.78, 5) is 8.99. The summed E-state index contributed by atoms with van der Waals surface area (Å²) in [5.74, 6) is 3.17.